The summed E-state index contributed by atoms with van der Waals surface area (Å²) in [5.41, 5.74) is 3.38. The molecular formula is C26H33O4S2-. The Balaban J connectivity index is 1.90. The highest BCUT2D eigenvalue weighted by atomic mass is 32.2. The number of carboxylic acids is 1. The first-order chi connectivity index (χ1) is 15.6. The predicted octanol–water partition coefficient (Wildman–Crippen LogP) is 4.95. The Morgan fingerprint density at radius 2 is 1.91 bits per heavy atom. The summed E-state index contributed by atoms with van der Waals surface area (Å²) in [6, 6.07) is 16.5. The summed E-state index contributed by atoms with van der Waals surface area (Å²) in [5, 5.41) is 21.7. The van der Waals surface area contributed by atoms with Gasteiger partial charge >= 0.3 is 0 Å². The van der Waals surface area contributed by atoms with Crippen molar-refractivity contribution in [2.45, 2.75) is 62.9 Å². The minimum absolute atomic E-state index is 0.109. The van der Waals surface area contributed by atoms with Gasteiger partial charge in [0, 0.05) is 17.1 Å². The Morgan fingerprint density at radius 3 is 2.59 bits per heavy atom. The van der Waals surface area contributed by atoms with E-state index in [2.05, 4.69) is 37.3 Å². The molecule has 2 aromatic carbocycles. The summed E-state index contributed by atoms with van der Waals surface area (Å²) in [7, 11) is 0. The van der Waals surface area contributed by atoms with E-state index in [1.807, 2.05) is 18.2 Å². The van der Waals surface area contributed by atoms with E-state index in [4.69, 9.17) is 4.74 Å². The van der Waals surface area contributed by atoms with E-state index in [9.17, 15) is 15.0 Å². The molecule has 0 heterocycles. The molecular weight excluding hydrogens is 440 g/mol. The molecule has 1 fully saturated rings. The molecule has 3 rings (SSSR count). The zero-order valence-electron chi connectivity index (χ0n) is 18.7. The number of para-hydroxylation sites is 1. The van der Waals surface area contributed by atoms with Gasteiger partial charge in [-0.05, 0) is 42.1 Å². The van der Waals surface area contributed by atoms with E-state index in [-0.39, 0.29) is 11.0 Å². The molecule has 2 aromatic rings. The van der Waals surface area contributed by atoms with Gasteiger partial charge < -0.3 is 19.7 Å². The molecule has 0 amide bonds. The molecule has 4 nitrogen and oxygen atoms in total. The number of hydrogen-bond donors (Lipinski definition) is 1. The smallest absolute Gasteiger partial charge is 0.127 e. The van der Waals surface area contributed by atoms with Crippen molar-refractivity contribution < 1.29 is 19.7 Å². The lowest BCUT2D eigenvalue weighted by molar-refractivity contribution is -0.301. The van der Waals surface area contributed by atoms with Crippen LogP contribution in [-0.2, 0) is 11.4 Å². The van der Waals surface area contributed by atoms with Crippen LogP contribution in [0.15, 0.2) is 48.5 Å². The molecule has 0 aliphatic heterocycles. The molecule has 0 bridgehead atoms. The number of carboxylic acid groups (broad SMARTS) is 1. The average Bonchev–Trinajstić information content (AvgIpc) is 3.33. The summed E-state index contributed by atoms with van der Waals surface area (Å²) in [6.45, 7) is 2.61. The zero-order chi connectivity index (χ0) is 22.8. The van der Waals surface area contributed by atoms with E-state index in [0.29, 0.717) is 18.3 Å². The van der Waals surface area contributed by atoms with E-state index >= 15 is 0 Å². The van der Waals surface area contributed by atoms with Crippen molar-refractivity contribution in [3.8, 4) is 5.75 Å². The summed E-state index contributed by atoms with van der Waals surface area (Å²) >= 11 is 2.93. The highest BCUT2D eigenvalue weighted by Crippen LogP contribution is 2.46. The van der Waals surface area contributed by atoms with Crippen molar-refractivity contribution in [2.24, 2.45) is 0 Å². The van der Waals surface area contributed by atoms with E-state index in [1.54, 1.807) is 11.8 Å². The van der Waals surface area contributed by atoms with Gasteiger partial charge in [-0.1, -0.05) is 68.3 Å². The molecule has 32 heavy (non-hydrogen) atoms. The van der Waals surface area contributed by atoms with Crippen molar-refractivity contribution in [2.75, 3.05) is 17.3 Å². The third kappa shape index (κ3) is 7.19. The van der Waals surface area contributed by atoms with Gasteiger partial charge in [-0.15, -0.1) is 0 Å². The predicted molar refractivity (Wildman–Crippen MR) is 132 cm³/mol. The molecule has 0 saturated heterocycles. The summed E-state index contributed by atoms with van der Waals surface area (Å²) in [6.07, 6.45) is 5.15. The molecule has 1 N–H and O–H groups in total. The first kappa shape index (κ1) is 25.0. The van der Waals surface area contributed by atoms with Crippen LogP contribution in [0.2, 0.25) is 0 Å². The highest BCUT2D eigenvalue weighted by molar-refractivity contribution is 8.00. The number of benzene rings is 2. The van der Waals surface area contributed by atoms with Crippen molar-refractivity contribution >= 4 is 29.5 Å². The highest BCUT2D eigenvalue weighted by Gasteiger charge is 2.29. The molecule has 174 valence electrons. The maximum atomic E-state index is 11.1. The Morgan fingerprint density at radius 1 is 1.16 bits per heavy atom. The molecule has 2 atom stereocenters. The van der Waals surface area contributed by atoms with Crippen LogP contribution in [0, 0.1) is 0 Å². The van der Waals surface area contributed by atoms with E-state index in [0.717, 1.165) is 29.1 Å². The van der Waals surface area contributed by atoms with Crippen LogP contribution in [0.25, 0.3) is 0 Å². The Bertz CT molecular complexity index is 837. The maximum absolute atomic E-state index is 11.1. The van der Waals surface area contributed by atoms with Crippen molar-refractivity contribution in [1.82, 2.24) is 0 Å². The third-order valence-corrected chi connectivity index (χ3v) is 8.35. The first-order valence-electron chi connectivity index (χ1n) is 11.5. The normalized spacial score (nSPS) is 16.1. The van der Waals surface area contributed by atoms with E-state index < -0.39 is 12.1 Å². The number of aliphatic carboxylic acids is 1. The molecule has 0 aromatic heterocycles. The molecule has 6 heteroatoms. The second kappa shape index (κ2) is 13.2. The molecule has 0 spiro atoms. The number of carbonyl (C=O) groups is 1. The van der Waals surface area contributed by atoms with Gasteiger partial charge in [-0.2, -0.15) is 23.5 Å². The minimum atomic E-state index is -1.10. The fraction of sp³-hybridized carbons (Fsp3) is 0.500. The van der Waals surface area contributed by atoms with Crippen LogP contribution >= 0.6 is 23.5 Å². The van der Waals surface area contributed by atoms with Crippen molar-refractivity contribution in [3.63, 3.8) is 0 Å². The van der Waals surface area contributed by atoms with Gasteiger partial charge in [0.05, 0.1) is 17.3 Å². The van der Waals surface area contributed by atoms with Crippen LogP contribution in [0.4, 0.5) is 0 Å². The maximum Gasteiger partial charge on any atom is 0.127 e. The number of ether oxygens (including phenoxy) is 1. The average molecular weight is 474 g/mol. The molecule has 1 aliphatic rings. The number of thioether (sulfide) groups is 2. The molecule has 0 radical (unpaired) electrons. The van der Waals surface area contributed by atoms with Crippen molar-refractivity contribution in [1.29, 1.82) is 0 Å². The Hall–Kier alpha value is -1.63. The van der Waals surface area contributed by atoms with E-state index in [1.165, 1.54) is 43.0 Å². The third-order valence-electron chi connectivity index (χ3n) is 5.76. The standard InChI is InChI=1S/C26H34O4S2/c1-2-15-32-26(23(27)17-31-18-24(28)29)22-14-8-13-21(20-11-6-7-12-20)25(22)30-16-19-9-4-3-5-10-19/h3-5,8-10,13-14,20,23,26-27H,2,6-7,11-12,15-18H2,1H3,(H,28,29)/p-1. The van der Waals surface area contributed by atoms with Crippen LogP contribution in [0.5, 0.6) is 5.75 Å². The van der Waals surface area contributed by atoms with Crippen molar-refractivity contribution in [3.05, 3.63) is 65.2 Å². The van der Waals surface area contributed by atoms with Crippen LogP contribution in [-0.4, -0.2) is 34.4 Å². The lowest BCUT2D eigenvalue weighted by Crippen LogP contribution is -2.26. The van der Waals surface area contributed by atoms with Gasteiger partial charge in [0.15, 0.2) is 0 Å². The Labute approximate surface area is 200 Å². The second-order valence-corrected chi connectivity index (χ2v) is 10.5. The molecule has 1 saturated carbocycles. The SMILES string of the molecule is CCCSC(c1cccc(C2CCCC2)c1OCc1ccccc1)C(O)CSCC(=O)[O-]. The topological polar surface area (TPSA) is 69.6 Å². The van der Waals surface area contributed by atoms with Crippen LogP contribution in [0.1, 0.15) is 66.9 Å². The first-order valence-corrected chi connectivity index (χ1v) is 13.7. The number of rotatable bonds is 13. The van der Waals surface area contributed by atoms with Gasteiger partial charge in [0.25, 0.3) is 0 Å². The number of carbonyl (C=O) groups excluding carboxylic acids is 1. The van der Waals surface area contributed by atoms with Crippen LogP contribution < -0.4 is 9.84 Å². The molecule has 1 aliphatic carbocycles. The van der Waals surface area contributed by atoms with Crippen LogP contribution in [0.3, 0.4) is 0 Å². The lowest BCUT2D eigenvalue weighted by atomic mass is 9.93. The fourth-order valence-electron chi connectivity index (χ4n) is 4.26. The van der Waals surface area contributed by atoms with Gasteiger partial charge in [-0.3, -0.25) is 0 Å². The zero-order valence-corrected chi connectivity index (χ0v) is 20.3. The second-order valence-electron chi connectivity index (χ2n) is 8.27. The summed E-state index contributed by atoms with van der Waals surface area (Å²) < 4.78 is 6.49. The fourth-order valence-corrected chi connectivity index (χ4v) is 6.27. The quantitative estimate of drug-likeness (QED) is 0.444. The molecule has 2 unspecified atom stereocenters. The summed E-state index contributed by atoms with van der Waals surface area (Å²) in [4.78, 5) is 10.8. The van der Waals surface area contributed by atoms with Gasteiger partial charge in [0.2, 0.25) is 0 Å². The Kier molecular flexibility index (Phi) is 10.3. The number of aliphatic hydroxyl groups excluding tert-OH is 1. The number of aliphatic hydroxyl groups is 1. The monoisotopic (exact) mass is 473 g/mol. The van der Waals surface area contributed by atoms with Gasteiger partial charge in [0.1, 0.15) is 12.4 Å². The minimum Gasteiger partial charge on any atom is -0.549 e. The summed E-state index contributed by atoms with van der Waals surface area (Å²) in [5.74, 6) is 1.44. The number of hydrogen-bond acceptors (Lipinski definition) is 6. The lowest BCUT2D eigenvalue weighted by Gasteiger charge is -2.27. The van der Waals surface area contributed by atoms with Gasteiger partial charge in [-0.25, -0.2) is 0 Å². The largest absolute Gasteiger partial charge is 0.549 e.